The molecule has 0 bridgehead atoms. The van der Waals surface area contributed by atoms with E-state index in [0.29, 0.717) is 11.4 Å². The van der Waals surface area contributed by atoms with Gasteiger partial charge in [0.15, 0.2) is 6.10 Å². The van der Waals surface area contributed by atoms with E-state index in [-0.39, 0.29) is 17.4 Å². The molecule has 0 aromatic heterocycles. The van der Waals surface area contributed by atoms with Crippen LogP contribution in [-0.4, -0.2) is 35.4 Å². The van der Waals surface area contributed by atoms with Crippen LogP contribution in [0.25, 0.3) is 0 Å². The highest BCUT2D eigenvalue weighted by Crippen LogP contribution is 2.11. The van der Waals surface area contributed by atoms with Crippen LogP contribution in [-0.2, 0) is 19.1 Å². The van der Waals surface area contributed by atoms with Gasteiger partial charge in [-0.1, -0.05) is 17.7 Å². The molecule has 6 nitrogen and oxygen atoms in total. The molecule has 28 heavy (non-hydrogen) atoms. The first-order valence-electron chi connectivity index (χ1n) is 8.53. The van der Waals surface area contributed by atoms with Crippen LogP contribution in [0.1, 0.15) is 12.5 Å². The molecular weight excluding hydrogens is 383 g/mol. The van der Waals surface area contributed by atoms with Crippen molar-refractivity contribution in [2.75, 3.05) is 22.1 Å². The number of ether oxygens (including phenoxy) is 1. The maximum Gasteiger partial charge on any atom is 0.316 e. The highest BCUT2D eigenvalue weighted by Gasteiger charge is 2.18. The van der Waals surface area contributed by atoms with E-state index < -0.39 is 23.8 Å². The molecule has 2 aromatic rings. The molecule has 2 rings (SSSR count). The molecule has 0 heterocycles. The third-order valence-electron chi connectivity index (χ3n) is 3.58. The highest BCUT2D eigenvalue weighted by atomic mass is 32.2. The van der Waals surface area contributed by atoms with Gasteiger partial charge < -0.3 is 15.4 Å². The van der Waals surface area contributed by atoms with Crippen molar-refractivity contribution in [1.82, 2.24) is 0 Å². The second-order valence-corrected chi connectivity index (χ2v) is 7.02. The second-order valence-electron chi connectivity index (χ2n) is 6.04. The van der Waals surface area contributed by atoms with Gasteiger partial charge in [0.2, 0.25) is 5.91 Å². The normalized spacial score (nSPS) is 11.4. The molecule has 1 atom stereocenters. The average molecular weight is 404 g/mol. The first kappa shape index (κ1) is 21.4. The van der Waals surface area contributed by atoms with Crippen LogP contribution in [0.15, 0.2) is 48.5 Å². The van der Waals surface area contributed by atoms with E-state index >= 15 is 0 Å². The first-order chi connectivity index (χ1) is 13.3. The minimum Gasteiger partial charge on any atom is -0.452 e. The van der Waals surface area contributed by atoms with Crippen molar-refractivity contribution < 1.29 is 23.5 Å². The minimum absolute atomic E-state index is 0.0600. The van der Waals surface area contributed by atoms with E-state index in [1.807, 2.05) is 19.1 Å². The molecule has 0 aliphatic heterocycles. The third kappa shape index (κ3) is 7.40. The smallest absolute Gasteiger partial charge is 0.316 e. The van der Waals surface area contributed by atoms with Crippen molar-refractivity contribution in [3.63, 3.8) is 0 Å². The summed E-state index contributed by atoms with van der Waals surface area (Å²) in [5, 5.41) is 5.26. The lowest BCUT2D eigenvalue weighted by atomic mass is 10.2. The molecule has 8 heteroatoms. The average Bonchev–Trinajstić information content (AvgIpc) is 2.65. The van der Waals surface area contributed by atoms with Crippen LogP contribution < -0.4 is 10.6 Å². The predicted octanol–water partition coefficient (Wildman–Crippen LogP) is 3.38. The summed E-state index contributed by atoms with van der Waals surface area (Å²) in [7, 11) is 0. The van der Waals surface area contributed by atoms with Crippen LogP contribution >= 0.6 is 11.8 Å². The zero-order valence-corrected chi connectivity index (χ0v) is 16.3. The number of carbonyl (C=O) groups is 3. The summed E-state index contributed by atoms with van der Waals surface area (Å²) in [5.74, 6) is -1.75. The second kappa shape index (κ2) is 10.5. The summed E-state index contributed by atoms with van der Waals surface area (Å²) in [5.41, 5.74) is 2.18. The van der Waals surface area contributed by atoms with Crippen LogP contribution in [0, 0.1) is 12.7 Å². The Hall–Kier alpha value is -2.87. The van der Waals surface area contributed by atoms with Crippen molar-refractivity contribution in [2.24, 2.45) is 0 Å². The fourth-order valence-corrected chi connectivity index (χ4v) is 2.72. The number of nitrogens with one attached hydrogen (secondary N) is 2. The van der Waals surface area contributed by atoms with E-state index in [1.165, 1.54) is 31.2 Å². The predicted molar refractivity (Wildman–Crippen MR) is 108 cm³/mol. The standard InChI is InChI=1S/C20H21FN2O4S/c1-13-3-7-16(8-4-13)22-18(24)11-28-12-19(25)27-14(2)20(26)23-17-9-5-15(21)6-10-17/h3-10,14H,11-12H2,1-2H3,(H,22,24)(H,23,26)/t14-/m0/s1. The molecule has 2 amide bonds. The molecule has 2 aromatic carbocycles. The summed E-state index contributed by atoms with van der Waals surface area (Å²) >= 11 is 1.09. The Labute approximate surface area is 166 Å². The summed E-state index contributed by atoms with van der Waals surface area (Å²) in [6, 6.07) is 12.6. The number of hydrogen-bond donors (Lipinski definition) is 2. The monoisotopic (exact) mass is 404 g/mol. The molecule has 0 aliphatic rings. The Bertz CT molecular complexity index is 825. The molecule has 0 spiro atoms. The summed E-state index contributed by atoms with van der Waals surface area (Å²) in [4.78, 5) is 35.7. The quantitative estimate of drug-likeness (QED) is 0.659. The maximum atomic E-state index is 12.9. The van der Waals surface area contributed by atoms with Gasteiger partial charge in [0.05, 0.1) is 11.5 Å². The van der Waals surface area contributed by atoms with Crippen molar-refractivity contribution in [1.29, 1.82) is 0 Å². The van der Waals surface area contributed by atoms with Crippen LogP contribution in [0.5, 0.6) is 0 Å². The molecule has 148 valence electrons. The summed E-state index contributed by atoms with van der Waals surface area (Å²) < 4.78 is 17.9. The van der Waals surface area contributed by atoms with Gasteiger partial charge in [-0.15, -0.1) is 11.8 Å². The molecule has 0 saturated carbocycles. The van der Waals surface area contributed by atoms with Gasteiger partial charge in [-0.05, 0) is 50.2 Å². The molecule has 0 fully saturated rings. The van der Waals surface area contributed by atoms with Gasteiger partial charge in [0.1, 0.15) is 5.82 Å². The Kier molecular flexibility index (Phi) is 8.01. The number of amides is 2. The van der Waals surface area contributed by atoms with Crippen LogP contribution in [0.4, 0.5) is 15.8 Å². The lowest BCUT2D eigenvalue weighted by molar-refractivity contribution is -0.150. The SMILES string of the molecule is Cc1ccc(NC(=O)CSCC(=O)O[C@@H](C)C(=O)Nc2ccc(F)cc2)cc1. The summed E-state index contributed by atoms with van der Waals surface area (Å²) in [6.45, 7) is 3.39. The number of halogens is 1. The Morgan fingerprint density at radius 1 is 0.964 bits per heavy atom. The highest BCUT2D eigenvalue weighted by molar-refractivity contribution is 8.00. The Balaban J connectivity index is 1.68. The topological polar surface area (TPSA) is 84.5 Å². The molecule has 0 aliphatic carbocycles. The largest absolute Gasteiger partial charge is 0.452 e. The molecular formula is C20H21FN2O4S. The van der Waals surface area contributed by atoms with Crippen molar-refractivity contribution in [2.45, 2.75) is 20.0 Å². The fraction of sp³-hybridized carbons (Fsp3) is 0.250. The molecule has 0 saturated heterocycles. The third-order valence-corrected chi connectivity index (χ3v) is 4.48. The van der Waals surface area contributed by atoms with E-state index in [4.69, 9.17) is 4.74 Å². The zero-order valence-electron chi connectivity index (χ0n) is 15.5. The van der Waals surface area contributed by atoms with Crippen LogP contribution in [0.3, 0.4) is 0 Å². The number of carbonyl (C=O) groups excluding carboxylic acids is 3. The maximum absolute atomic E-state index is 12.9. The number of rotatable bonds is 8. The number of anilines is 2. The van der Waals surface area contributed by atoms with E-state index in [9.17, 15) is 18.8 Å². The van der Waals surface area contributed by atoms with E-state index in [1.54, 1.807) is 12.1 Å². The van der Waals surface area contributed by atoms with Gasteiger partial charge in [-0.3, -0.25) is 14.4 Å². The number of esters is 1. The van der Waals surface area contributed by atoms with E-state index in [2.05, 4.69) is 10.6 Å². The number of hydrogen-bond acceptors (Lipinski definition) is 5. The summed E-state index contributed by atoms with van der Waals surface area (Å²) in [6.07, 6.45) is -1.01. The fourth-order valence-electron chi connectivity index (χ4n) is 2.12. The van der Waals surface area contributed by atoms with Gasteiger partial charge in [0, 0.05) is 11.4 Å². The number of benzene rings is 2. The lowest BCUT2D eigenvalue weighted by Crippen LogP contribution is -2.30. The van der Waals surface area contributed by atoms with Crippen molar-refractivity contribution in [3.05, 3.63) is 59.9 Å². The first-order valence-corrected chi connectivity index (χ1v) is 9.69. The van der Waals surface area contributed by atoms with E-state index in [0.717, 1.165) is 17.3 Å². The number of thioether (sulfide) groups is 1. The zero-order chi connectivity index (χ0) is 20.5. The van der Waals surface area contributed by atoms with Crippen LogP contribution in [0.2, 0.25) is 0 Å². The Morgan fingerprint density at radius 3 is 2.18 bits per heavy atom. The van der Waals surface area contributed by atoms with Gasteiger partial charge in [-0.25, -0.2) is 4.39 Å². The molecule has 0 radical (unpaired) electrons. The van der Waals surface area contributed by atoms with Gasteiger partial charge >= 0.3 is 5.97 Å². The molecule has 0 unspecified atom stereocenters. The Morgan fingerprint density at radius 2 is 1.54 bits per heavy atom. The minimum atomic E-state index is -1.01. The number of aryl methyl sites for hydroxylation is 1. The van der Waals surface area contributed by atoms with Gasteiger partial charge in [-0.2, -0.15) is 0 Å². The van der Waals surface area contributed by atoms with Gasteiger partial charge in [0.25, 0.3) is 5.91 Å². The van der Waals surface area contributed by atoms with Crippen molar-refractivity contribution in [3.8, 4) is 0 Å². The lowest BCUT2D eigenvalue weighted by Gasteiger charge is -2.13. The van der Waals surface area contributed by atoms with Crippen molar-refractivity contribution >= 4 is 40.9 Å². The molecule has 2 N–H and O–H groups in total.